The summed E-state index contributed by atoms with van der Waals surface area (Å²) in [4.78, 5) is 37.2. The van der Waals surface area contributed by atoms with Gasteiger partial charge in [0.15, 0.2) is 21.2 Å². The van der Waals surface area contributed by atoms with E-state index < -0.39 is 0 Å². The normalized spacial score (nSPS) is 11.6. The van der Waals surface area contributed by atoms with Gasteiger partial charge in [-0.05, 0) is 145 Å². The number of hydrogen-bond donors (Lipinski definition) is 4. The summed E-state index contributed by atoms with van der Waals surface area (Å²) in [7, 11) is 8.12. The minimum atomic E-state index is -0.105. The molecule has 1 heterocycles. The number of nitrogens with zero attached hydrogens (tertiary/aromatic N) is 4. The first-order valence-corrected chi connectivity index (χ1v) is 24.3. The number of nitrogens with one attached hydrogen (secondary N) is 2. The highest BCUT2D eigenvalue weighted by atomic mass is 79.9. The highest BCUT2D eigenvalue weighted by Gasteiger charge is 2.18. The Morgan fingerprint density at radius 1 is 0.818 bits per heavy atom. The summed E-state index contributed by atoms with van der Waals surface area (Å²) in [5.41, 5.74) is 17.2. The fourth-order valence-electron chi connectivity index (χ4n) is 5.21. The lowest BCUT2D eigenvalue weighted by molar-refractivity contribution is 0.102. The number of anilines is 4. The van der Waals surface area contributed by atoms with Gasteiger partial charge in [0.2, 0.25) is 5.78 Å². The molecule has 17 heteroatoms. The van der Waals surface area contributed by atoms with Crippen molar-refractivity contribution in [3.05, 3.63) is 124 Å². The number of nitrogens with two attached hydrogens (primary N) is 2. The van der Waals surface area contributed by atoms with E-state index in [-0.39, 0.29) is 34.7 Å². The average Bonchev–Trinajstić information content (AvgIpc) is 3.66. The predicted molar refractivity (Wildman–Crippen MR) is 297 cm³/mol. The van der Waals surface area contributed by atoms with Crippen LogP contribution in [0.1, 0.15) is 78.8 Å². The Balaban J connectivity index is 0.000000532. The van der Waals surface area contributed by atoms with Crippen molar-refractivity contribution >= 4 is 105 Å². The number of aromatic nitrogens is 1. The van der Waals surface area contributed by atoms with Gasteiger partial charge in [0, 0.05) is 34.6 Å². The number of aryl methyl sites for hydroxylation is 2. The first kappa shape index (κ1) is 59.6. The minimum absolute atomic E-state index is 0. The molecule has 1 aromatic heterocycles. The van der Waals surface area contributed by atoms with Crippen molar-refractivity contribution in [1.82, 2.24) is 14.8 Å². The summed E-state index contributed by atoms with van der Waals surface area (Å²) in [6.45, 7) is 11.6. The molecular weight excluding hydrogens is 972 g/mol. The van der Waals surface area contributed by atoms with Gasteiger partial charge in [-0.25, -0.2) is 4.98 Å². The molecule has 5 aromatic rings. The van der Waals surface area contributed by atoms with Crippen LogP contribution in [-0.2, 0) is 12.8 Å². The quantitative estimate of drug-likeness (QED) is 0.0164. The number of ketones is 2. The van der Waals surface area contributed by atoms with Gasteiger partial charge in [-0.2, -0.15) is 14.9 Å². The average molecular weight is 1040 g/mol. The van der Waals surface area contributed by atoms with Crippen molar-refractivity contribution in [2.45, 2.75) is 67.0 Å². The summed E-state index contributed by atoms with van der Waals surface area (Å²) in [6.07, 6.45) is 1.85. The fourth-order valence-corrected chi connectivity index (χ4v) is 7.13. The molecule has 5 rings (SSSR count). The number of Topliss-reactive ketones (excluding diaryl/α,β-unsaturated/α-hetero) is 1. The smallest absolute Gasteiger partial charge is 0.206 e. The zero-order valence-electron chi connectivity index (χ0n) is 39.0. The largest absolute Gasteiger partial charge is 0.492 e. The van der Waals surface area contributed by atoms with Gasteiger partial charge in [-0.15, -0.1) is 0 Å². The van der Waals surface area contributed by atoms with Gasteiger partial charge in [0.1, 0.15) is 35.4 Å². The van der Waals surface area contributed by atoms with Crippen LogP contribution in [0, 0.1) is 0 Å². The van der Waals surface area contributed by atoms with Crippen molar-refractivity contribution in [2.75, 3.05) is 68.9 Å². The molecule has 0 aliphatic carbocycles. The number of aliphatic imine (C=N–C) groups is 1. The molecule has 0 aliphatic rings. The summed E-state index contributed by atoms with van der Waals surface area (Å²) in [5.74, 6) is 2.79. The van der Waals surface area contributed by atoms with E-state index in [2.05, 4.69) is 74.0 Å². The third-order valence-electron chi connectivity index (χ3n) is 9.70. The summed E-state index contributed by atoms with van der Waals surface area (Å²) >= 11 is 11.0. The molecule has 1 unspecified atom stereocenters. The number of carbonyl (C=O) groups excluding carboxylic acids is 2. The maximum absolute atomic E-state index is 12.9. The minimum Gasteiger partial charge on any atom is -0.492 e. The van der Waals surface area contributed by atoms with Crippen molar-refractivity contribution in [2.24, 2.45) is 10.7 Å². The molecular formula is C49H70BrN8O4PS3. The molecule has 0 saturated heterocycles. The van der Waals surface area contributed by atoms with Crippen LogP contribution in [0.2, 0.25) is 0 Å². The second kappa shape index (κ2) is 31.5. The maximum atomic E-state index is 12.9. The number of benzene rings is 4. The van der Waals surface area contributed by atoms with Crippen LogP contribution in [0.15, 0.2) is 102 Å². The Kier molecular flexibility index (Phi) is 28.5. The fraction of sp³-hybridized carbons (Fsp3) is 0.367. The molecule has 0 saturated carbocycles. The monoisotopic (exact) mass is 1040 g/mol. The van der Waals surface area contributed by atoms with E-state index in [1.54, 1.807) is 0 Å². The van der Waals surface area contributed by atoms with Gasteiger partial charge in [-0.1, -0.05) is 104 Å². The standard InChI is InChI=1S/C23H28N4O2S.C15H24N4OS2.C10H11BrO.CH4.H3P/c1-5-16-7-6-8-17(13-16)20(28)21-22(24)26-23(30-21)25-18-9-11-19(12-10-18)29-14-15(2)27(3)4;1-5-22-14(16)18-15(21)17-12-6-8-13(9-7-12)20-10-11(2)19(3)4;1-2-8-4-3-5-9(6-8)10(12)7-11;;/h6-13,15H,5,14,24H2,1-4H3,(H,25,26);6-9,11H,5,10H2,1-4H3,(H3,16,17,18,21);3-6H,2,7H2,1H3;1H4;1H3/t15-;11-;;;/m11.../s1. The first-order valence-electron chi connectivity index (χ1n) is 21.0. The molecule has 4 aromatic carbocycles. The Labute approximate surface area is 418 Å². The van der Waals surface area contributed by atoms with Crippen LogP contribution in [0.3, 0.4) is 0 Å². The van der Waals surface area contributed by atoms with E-state index in [0.717, 1.165) is 52.6 Å². The van der Waals surface area contributed by atoms with Crippen LogP contribution >= 0.6 is 61.1 Å². The lowest BCUT2D eigenvalue weighted by atomic mass is 10.1. The topological polar surface area (TPSA) is 160 Å². The third kappa shape index (κ3) is 21.0. The van der Waals surface area contributed by atoms with Gasteiger partial charge in [0.25, 0.3) is 0 Å². The van der Waals surface area contributed by atoms with Crippen molar-refractivity contribution in [1.29, 1.82) is 0 Å². The highest BCUT2D eigenvalue weighted by Crippen LogP contribution is 2.30. The Morgan fingerprint density at radius 3 is 1.77 bits per heavy atom. The number of hydrogen-bond acceptors (Lipinski definition) is 12. The number of nitrogen functional groups attached to an aromatic ring is 1. The van der Waals surface area contributed by atoms with E-state index in [4.69, 9.17) is 33.2 Å². The van der Waals surface area contributed by atoms with Crippen molar-refractivity contribution < 1.29 is 19.1 Å². The molecule has 3 atom stereocenters. The molecule has 6 N–H and O–H groups in total. The predicted octanol–water partition coefficient (Wildman–Crippen LogP) is 10.9. The Bertz CT molecular complexity index is 2260. The molecule has 12 nitrogen and oxygen atoms in total. The second-order valence-corrected chi connectivity index (χ2v) is 18.2. The number of rotatable bonds is 18. The Morgan fingerprint density at radius 2 is 1.30 bits per heavy atom. The molecule has 0 aliphatic heterocycles. The number of likely N-dealkylation sites (N-methyl/N-ethyl adjacent to an activating group) is 2. The Hall–Kier alpha value is -4.41. The van der Waals surface area contributed by atoms with E-state index in [1.807, 2.05) is 132 Å². The third-order valence-corrected chi connectivity index (χ3v) is 12.1. The number of ether oxygens (including phenoxy) is 2. The van der Waals surface area contributed by atoms with Crippen molar-refractivity contribution in [3.63, 3.8) is 0 Å². The van der Waals surface area contributed by atoms with Crippen LogP contribution in [0.4, 0.5) is 22.3 Å². The maximum Gasteiger partial charge on any atom is 0.206 e. The molecule has 0 fully saturated rings. The van der Waals surface area contributed by atoms with Crippen LogP contribution in [0.25, 0.3) is 0 Å². The molecule has 0 bridgehead atoms. The lowest BCUT2D eigenvalue weighted by Gasteiger charge is -2.20. The van der Waals surface area contributed by atoms with E-state index in [1.165, 1.54) is 28.7 Å². The summed E-state index contributed by atoms with van der Waals surface area (Å²) in [6, 6.07) is 31.3. The van der Waals surface area contributed by atoms with Crippen LogP contribution in [0.5, 0.6) is 11.5 Å². The van der Waals surface area contributed by atoms with E-state index in [9.17, 15) is 9.59 Å². The lowest BCUT2D eigenvalue weighted by Crippen LogP contribution is -2.30. The number of thioether (sulfide) groups is 1. The highest BCUT2D eigenvalue weighted by molar-refractivity contribution is 9.09. The SMILES string of the molecule is C.CCSC(N)=NC(=S)Nc1ccc(OC[C@@H](C)N(C)C)cc1.CCc1cccc(C(=O)CBr)c1.CCc1cccc(C(=O)c2sc(Nc3ccc(OC[C@@H](C)N(C)C)cc3)nc2N)c1.P. The summed E-state index contributed by atoms with van der Waals surface area (Å²) in [5, 5.41) is 8.05. The van der Waals surface area contributed by atoms with Gasteiger partial charge in [-0.3, -0.25) is 9.59 Å². The molecule has 360 valence electrons. The van der Waals surface area contributed by atoms with E-state index >= 15 is 0 Å². The van der Waals surface area contributed by atoms with Crippen LogP contribution in [-0.4, -0.2) is 101 Å². The number of thiazole rings is 1. The van der Waals surface area contributed by atoms with E-state index in [0.29, 0.717) is 56.5 Å². The number of carbonyl (C=O) groups is 2. The zero-order chi connectivity index (χ0) is 47.2. The molecule has 0 spiro atoms. The molecule has 0 amide bonds. The number of amidine groups is 1. The molecule has 66 heavy (non-hydrogen) atoms. The van der Waals surface area contributed by atoms with Crippen LogP contribution < -0.4 is 31.6 Å². The first-order chi connectivity index (χ1) is 30.6. The van der Waals surface area contributed by atoms with Gasteiger partial charge >= 0.3 is 0 Å². The number of halogens is 1. The second-order valence-electron chi connectivity index (χ2n) is 15.0. The van der Waals surface area contributed by atoms with Crippen molar-refractivity contribution in [3.8, 4) is 11.5 Å². The summed E-state index contributed by atoms with van der Waals surface area (Å²) < 4.78 is 11.5. The number of thiocarbonyl (C=S) groups is 1. The van der Waals surface area contributed by atoms with Gasteiger partial charge < -0.3 is 41.4 Å². The molecule has 0 radical (unpaired) electrons. The number of alkyl halides is 1. The zero-order valence-corrected chi connectivity index (χ0v) is 44.5. The van der Waals surface area contributed by atoms with Gasteiger partial charge in [0.05, 0.1) is 5.33 Å².